The Hall–Kier alpha value is -0.676. The molecular formula is C53H102O3STi. The Morgan fingerprint density at radius 3 is 0.983 bits per heavy atom. The van der Waals surface area contributed by atoms with Gasteiger partial charge in [0.1, 0.15) is 0 Å². The fourth-order valence-electron chi connectivity index (χ4n) is 14.1. The molecule has 0 amide bonds. The van der Waals surface area contributed by atoms with Crippen LogP contribution in [0.2, 0.25) is 28.4 Å². The molecule has 0 aromatic heterocycles. The van der Waals surface area contributed by atoms with Gasteiger partial charge in [-0.15, -0.1) is 0 Å². The van der Waals surface area contributed by atoms with Crippen LogP contribution in [0.15, 0.2) is 60.5 Å². The molecule has 0 saturated carbocycles. The molecule has 5 heteroatoms. The summed E-state index contributed by atoms with van der Waals surface area (Å²) in [5, 5.41) is 0. The van der Waals surface area contributed by atoms with Gasteiger partial charge in [0, 0.05) is 0 Å². The van der Waals surface area contributed by atoms with Crippen molar-refractivity contribution in [3.05, 3.63) is 55.6 Å². The van der Waals surface area contributed by atoms with Crippen LogP contribution in [0.25, 0.3) is 0 Å². The quantitative estimate of drug-likeness (QED) is 0.0406. The summed E-state index contributed by atoms with van der Waals surface area (Å²) in [5.74, 6) is 0. The van der Waals surface area contributed by atoms with Crippen molar-refractivity contribution in [3.63, 3.8) is 0 Å². The summed E-state index contributed by atoms with van der Waals surface area (Å²) in [6, 6.07) is 9.26. The van der Waals surface area contributed by atoms with Gasteiger partial charge in [0.15, 0.2) is 0 Å². The van der Waals surface area contributed by atoms with Gasteiger partial charge in [-0.1, -0.05) is 0 Å². The molecule has 0 atom stereocenters. The maximum atomic E-state index is 17.0. The van der Waals surface area contributed by atoms with Crippen LogP contribution >= 0.6 is 0 Å². The summed E-state index contributed by atoms with van der Waals surface area (Å²) in [6.07, 6.45) is 38.8. The Labute approximate surface area is 356 Å². The summed E-state index contributed by atoms with van der Waals surface area (Å²) >= 11 is 0. The Morgan fingerprint density at radius 2 is 0.741 bits per heavy atom. The van der Waals surface area contributed by atoms with E-state index in [4.69, 9.17) is 0 Å². The zero-order chi connectivity index (χ0) is 43.3. The first-order valence-electron chi connectivity index (χ1n) is 25.6. The van der Waals surface area contributed by atoms with Crippen LogP contribution in [-0.2, 0) is 18.0 Å². The van der Waals surface area contributed by atoms with Crippen molar-refractivity contribution in [1.82, 2.24) is 0 Å². The van der Waals surface area contributed by atoms with Gasteiger partial charge in [-0.3, -0.25) is 0 Å². The van der Waals surface area contributed by atoms with Gasteiger partial charge in [0.25, 0.3) is 0 Å². The summed E-state index contributed by atoms with van der Waals surface area (Å²) in [7, 11) is -12.0. The molecule has 0 unspecified atom stereocenters. The van der Waals surface area contributed by atoms with Crippen LogP contribution in [0, 0.1) is 5.41 Å². The normalized spacial score (nSPS) is 15.3. The van der Waals surface area contributed by atoms with Crippen molar-refractivity contribution in [1.29, 1.82) is 0 Å². The number of unbranched alkanes of at least 4 members (excludes halogenated alkanes) is 27. The van der Waals surface area contributed by atoms with Crippen LogP contribution in [0.4, 0.5) is 0 Å². The van der Waals surface area contributed by atoms with E-state index in [0.29, 0.717) is 23.8 Å². The second kappa shape index (κ2) is 23.7. The third-order valence-electron chi connectivity index (χ3n) is 16.6. The number of benzene rings is 1. The van der Waals surface area contributed by atoms with Crippen molar-refractivity contribution in [2.45, 2.75) is 267 Å². The van der Waals surface area contributed by atoms with Gasteiger partial charge in [-0.2, -0.15) is 0 Å². The number of allylic oxidation sites excluding steroid dienone is 2. The maximum absolute atomic E-state index is 17.0. The molecule has 58 heavy (non-hydrogen) atoms. The third kappa shape index (κ3) is 13.2. The Morgan fingerprint density at radius 1 is 0.483 bits per heavy atom. The molecule has 0 spiro atoms. The van der Waals surface area contributed by atoms with E-state index in [9.17, 15) is 0 Å². The van der Waals surface area contributed by atoms with E-state index in [1.807, 2.05) is 30.4 Å². The van der Waals surface area contributed by atoms with Gasteiger partial charge in [0.2, 0.25) is 0 Å². The van der Waals surface area contributed by atoms with Crippen LogP contribution in [-0.4, -0.2) is 12.1 Å². The standard InChI is InChI=1S/3C12H25.C6H5O2S.C5H11.2C3H5.H2O.Ti/c3*1-3-5-7-9-11-12-10-8-6-4-2;7-9(8)6-4-2-1-3-5-6;1-5(2,3)4;2*1-3-2;;/h3*1,3-12H2,2H3;1-5H;1H2,2-4H3;2*3H,1-2H2;1H2;/q;;;;;;;;+1/p-1. The molecule has 0 aliphatic heterocycles. The van der Waals surface area contributed by atoms with Crippen molar-refractivity contribution in [2.24, 2.45) is 5.41 Å². The summed E-state index contributed by atoms with van der Waals surface area (Å²) in [6.45, 7) is 22.3. The van der Waals surface area contributed by atoms with Gasteiger partial charge in [-0.25, -0.2) is 0 Å². The molecule has 0 fully saturated rings. The third-order valence-corrected chi connectivity index (χ3v) is 59.9. The first-order chi connectivity index (χ1) is 27.5. The fourth-order valence-corrected chi connectivity index (χ4v) is 58.5. The van der Waals surface area contributed by atoms with E-state index in [1.54, 1.807) is 12.1 Å². The average molecular weight is 867 g/mol. The van der Waals surface area contributed by atoms with E-state index in [1.165, 1.54) is 135 Å². The summed E-state index contributed by atoms with van der Waals surface area (Å²) in [4.78, 5) is 0.316. The molecule has 1 aromatic carbocycles. The van der Waals surface area contributed by atoms with Crippen LogP contribution < -0.4 is 0 Å². The molecule has 3 nitrogen and oxygen atoms in total. The molecule has 0 heterocycles. The zero-order valence-electron chi connectivity index (χ0n) is 40.1. The zero-order valence-corrected chi connectivity index (χ0v) is 42.5. The monoisotopic (exact) mass is 867 g/mol. The predicted molar refractivity (Wildman–Crippen MR) is 260 cm³/mol. The predicted octanol–water partition coefficient (Wildman–Crippen LogP) is 19.3. The molecule has 0 saturated heterocycles. The molecule has 0 radical (unpaired) electrons. The van der Waals surface area contributed by atoms with Gasteiger partial charge >= 0.3 is 359 Å². The average Bonchev–Trinajstić information content (AvgIpc) is 3.17. The minimum atomic E-state index is -7.68. The molecular weight excluding hydrogens is 765 g/mol. The van der Waals surface area contributed by atoms with Crippen LogP contribution in [0.1, 0.15) is 234 Å². The second-order valence-corrected chi connectivity index (χ2v) is 56.7. The Bertz CT molecular complexity index is 1350. The molecule has 1 aromatic rings. The Kier molecular flexibility index (Phi) is 22.6. The van der Waals surface area contributed by atoms with Gasteiger partial charge < -0.3 is 0 Å². The van der Waals surface area contributed by atoms with Crippen LogP contribution in [0.5, 0.6) is 0 Å². The Balaban J connectivity index is 3.94. The van der Waals surface area contributed by atoms with Crippen molar-refractivity contribution in [2.75, 3.05) is 0 Å². The summed E-state index contributed by atoms with van der Waals surface area (Å²) < 4.78 is 51.9. The van der Waals surface area contributed by atoms with Crippen molar-refractivity contribution >= 4 is 7.42 Å². The fraction of sp³-hybridized carbons (Fsp3) is 0.811. The molecule has 342 valence electrons. The number of hydrogen-bond acceptors (Lipinski definition) is 3. The molecule has 0 aliphatic rings. The second-order valence-electron chi connectivity index (χ2n) is 23.0. The number of hydrogen-bond donors (Lipinski definition) is 1. The number of rotatable bonds is 40. The van der Waals surface area contributed by atoms with Gasteiger partial charge in [-0.05, 0) is 0 Å². The van der Waals surface area contributed by atoms with E-state index < -0.39 is 23.4 Å². The first-order valence-corrected chi connectivity index (χ1v) is 36.3. The van der Waals surface area contributed by atoms with E-state index >= 15 is 12.1 Å². The minimum absolute atomic E-state index is 0.166. The molecule has 1 N–H and O–H groups in total. The first kappa shape index (κ1) is 55.3. The molecule has 1 rings (SSSR count). The SMILES string of the molecule is C=C[CH2][Ti]([OH])([CH2]C=C)([CH2]CCCCCCCCCCC)([CH2]CCCCCCCCCCC)([CH2]CCCCCCCCCCC)([CH2]C(C)(C)C)[S](=O)(=O)c1ccccc1. The van der Waals surface area contributed by atoms with E-state index in [-0.39, 0.29) is 9.45 Å². The van der Waals surface area contributed by atoms with Crippen molar-refractivity contribution < 1.29 is 22.7 Å². The van der Waals surface area contributed by atoms with E-state index in [0.717, 1.165) is 57.8 Å². The van der Waals surface area contributed by atoms with Crippen molar-refractivity contribution in [3.8, 4) is 0 Å². The molecule has 0 aliphatic carbocycles. The summed E-state index contributed by atoms with van der Waals surface area (Å²) in [5.41, 5.74) is -0.460. The van der Waals surface area contributed by atoms with E-state index in [2.05, 4.69) is 54.7 Å². The van der Waals surface area contributed by atoms with Gasteiger partial charge in [0.05, 0.1) is 0 Å². The topological polar surface area (TPSA) is 54.4 Å². The molecule has 0 bridgehead atoms. The van der Waals surface area contributed by atoms with Crippen LogP contribution in [0.3, 0.4) is 0 Å².